The van der Waals surface area contributed by atoms with Gasteiger partial charge in [0.25, 0.3) is 10.0 Å². The Hall–Kier alpha value is -3.37. The molecule has 190 valence electrons. The number of halogens is 1. The van der Waals surface area contributed by atoms with E-state index in [2.05, 4.69) is 21.2 Å². The van der Waals surface area contributed by atoms with E-state index >= 15 is 0 Å². The lowest BCUT2D eigenvalue weighted by Crippen LogP contribution is -2.50. The number of methoxy groups -OCH3 is 1. The van der Waals surface area contributed by atoms with E-state index < -0.39 is 28.5 Å². The molecule has 36 heavy (non-hydrogen) atoms. The molecule has 3 rings (SSSR count). The lowest BCUT2D eigenvalue weighted by molar-refractivity contribution is -0.139. The van der Waals surface area contributed by atoms with Gasteiger partial charge in [0, 0.05) is 18.1 Å². The first-order valence-corrected chi connectivity index (χ1v) is 13.4. The highest BCUT2D eigenvalue weighted by atomic mass is 79.9. The molecule has 0 aliphatic carbocycles. The highest BCUT2D eigenvalue weighted by Crippen LogP contribution is 2.32. The molecule has 3 aromatic rings. The summed E-state index contributed by atoms with van der Waals surface area (Å²) in [5.74, 6) is -0.613. The molecule has 0 aliphatic heterocycles. The summed E-state index contributed by atoms with van der Waals surface area (Å²) < 4.78 is 34.8. The summed E-state index contributed by atoms with van der Waals surface area (Å²) in [4.78, 5) is 27.6. The molecule has 1 N–H and O–H groups in total. The van der Waals surface area contributed by atoms with Crippen LogP contribution in [0.25, 0.3) is 0 Å². The number of ether oxygens (including phenoxy) is 1. The Morgan fingerprint density at radius 1 is 0.972 bits per heavy atom. The largest absolute Gasteiger partial charge is 0.495 e. The fourth-order valence-electron chi connectivity index (χ4n) is 3.65. The second-order valence-corrected chi connectivity index (χ2v) is 10.7. The molecular weight excluding hydrogens is 546 g/mol. The molecule has 10 heteroatoms. The highest BCUT2D eigenvalue weighted by Gasteiger charge is 2.33. The van der Waals surface area contributed by atoms with Gasteiger partial charge in [0.1, 0.15) is 18.3 Å². The van der Waals surface area contributed by atoms with E-state index in [-0.39, 0.29) is 23.0 Å². The number of rotatable bonds is 10. The maximum atomic E-state index is 13.7. The average molecular weight is 574 g/mol. The van der Waals surface area contributed by atoms with Crippen LogP contribution in [0.4, 0.5) is 5.69 Å². The van der Waals surface area contributed by atoms with Crippen molar-refractivity contribution in [1.82, 2.24) is 10.2 Å². The summed E-state index contributed by atoms with van der Waals surface area (Å²) in [5, 5.41) is 2.56. The van der Waals surface area contributed by atoms with E-state index in [0.717, 1.165) is 14.3 Å². The molecule has 0 unspecified atom stereocenters. The van der Waals surface area contributed by atoms with Crippen molar-refractivity contribution in [1.29, 1.82) is 0 Å². The number of hydrogen-bond acceptors (Lipinski definition) is 5. The molecular formula is C26H28BrN3O5S. The van der Waals surface area contributed by atoms with Crippen LogP contribution in [0.1, 0.15) is 12.5 Å². The van der Waals surface area contributed by atoms with Crippen LogP contribution in [0.5, 0.6) is 5.75 Å². The maximum absolute atomic E-state index is 13.7. The van der Waals surface area contributed by atoms with Crippen molar-refractivity contribution in [3.05, 3.63) is 88.9 Å². The molecule has 0 aliphatic rings. The van der Waals surface area contributed by atoms with Crippen molar-refractivity contribution >= 4 is 43.5 Å². The quantitative estimate of drug-likeness (QED) is 0.398. The summed E-state index contributed by atoms with van der Waals surface area (Å²) in [7, 11) is -1.23. The van der Waals surface area contributed by atoms with Gasteiger partial charge in [-0.25, -0.2) is 8.42 Å². The summed E-state index contributed by atoms with van der Waals surface area (Å²) in [6.07, 6.45) is 0. The Morgan fingerprint density at radius 2 is 1.58 bits per heavy atom. The lowest BCUT2D eigenvalue weighted by Gasteiger charge is -2.32. The van der Waals surface area contributed by atoms with Crippen molar-refractivity contribution < 1.29 is 22.7 Å². The van der Waals surface area contributed by atoms with E-state index in [4.69, 9.17) is 4.74 Å². The summed E-state index contributed by atoms with van der Waals surface area (Å²) in [6, 6.07) is 21.0. The van der Waals surface area contributed by atoms with Crippen molar-refractivity contribution in [2.24, 2.45) is 0 Å². The number of nitrogens with one attached hydrogen (secondary N) is 1. The molecule has 0 saturated carbocycles. The fourth-order valence-corrected chi connectivity index (χ4v) is 5.36. The number of likely N-dealkylation sites (N-methyl/N-ethyl adjacent to an activating group) is 1. The zero-order valence-electron chi connectivity index (χ0n) is 20.2. The number of anilines is 1. The van der Waals surface area contributed by atoms with E-state index in [9.17, 15) is 18.0 Å². The zero-order chi connectivity index (χ0) is 26.3. The van der Waals surface area contributed by atoms with Crippen molar-refractivity contribution in [3.63, 3.8) is 0 Å². The van der Waals surface area contributed by atoms with Gasteiger partial charge in [-0.2, -0.15) is 0 Å². The van der Waals surface area contributed by atoms with Gasteiger partial charge in [-0.05, 0) is 48.9 Å². The highest BCUT2D eigenvalue weighted by molar-refractivity contribution is 9.10. The first-order valence-electron chi connectivity index (χ1n) is 11.2. The lowest BCUT2D eigenvalue weighted by atomic mass is 10.1. The van der Waals surface area contributed by atoms with Gasteiger partial charge in [-0.1, -0.05) is 58.4 Å². The third kappa shape index (κ3) is 6.24. The monoisotopic (exact) mass is 573 g/mol. The molecule has 3 aromatic carbocycles. The number of sulfonamides is 1. The minimum absolute atomic E-state index is 0.0301. The Kier molecular flexibility index (Phi) is 9.11. The van der Waals surface area contributed by atoms with Crippen LogP contribution in [0, 0.1) is 0 Å². The van der Waals surface area contributed by atoms with Gasteiger partial charge in [-0.3, -0.25) is 13.9 Å². The molecule has 0 fully saturated rings. The standard InChI is InChI=1S/C26H28BrN3O5S/c1-19(26(32)28-2)29(17-20-13-15-21(27)16-14-20)25(31)18-30(23-11-7-8-12-24(23)35-3)36(33,34)22-9-5-4-6-10-22/h4-16,19H,17-18H2,1-3H3,(H,28,32)/t19-/m1/s1. The van der Waals surface area contributed by atoms with E-state index in [1.54, 1.807) is 49.4 Å². The maximum Gasteiger partial charge on any atom is 0.264 e. The molecule has 0 spiro atoms. The first-order chi connectivity index (χ1) is 17.2. The molecule has 0 aromatic heterocycles. The molecule has 1 atom stereocenters. The number of para-hydroxylation sites is 2. The topological polar surface area (TPSA) is 96.0 Å². The van der Waals surface area contributed by atoms with Gasteiger partial charge >= 0.3 is 0 Å². The van der Waals surface area contributed by atoms with Crippen LogP contribution in [-0.2, 0) is 26.2 Å². The fraction of sp³-hybridized carbons (Fsp3) is 0.231. The number of carbonyl (C=O) groups excluding carboxylic acids is 2. The number of hydrogen-bond donors (Lipinski definition) is 1. The molecule has 2 amide bonds. The zero-order valence-corrected chi connectivity index (χ0v) is 22.6. The van der Waals surface area contributed by atoms with Crippen LogP contribution >= 0.6 is 15.9 Å². The predicted molar refractivity (Wildman–Crippen MR) is 142 cm³/mol. The number of amides is 2. The third-order valence-electron chi connectivity index (χ3n) is 5.64. The van der Waals surface area contributed by atoms with E-state index in [1.807, 2.05) is 24.3 Å². The predicted octanol–water partition coefficient (Wildman–Crippen LogP) is 3.82. The SMILES string of the molecule is CNC(=O)[C@@H](C)N(Cc1ccc(Br)cc1)C(=O)CN(c1ccccc1OC)S(=O)(=O)c1ccccc1. The van der Waals surface area contributed by atoms with E-state index in [0.29, 0.717) is 5.75 Å². The smallest absolute Gasteiger partial charge is 0.264 e. The molecule has 0 saturated heterocycles. The molecule has 0 heterocycles. The molecule has 8 nitrogen and oxygen atoms in total. The minimum atomic E-state index is -4.15. The van der Waals surface area contributed by atoms with Crippen LogP contribution in [0.2, 0.25) is 0 Å². The Labute approximate surface area is 220 Å². The number of carbonyl (C=O) groups is 2. The summed E-state index contributed by atoms with van der Waals surface area (Å²) >= 11 is 3.39. The van der Waals surface area contributed by atoms with Crippen molar-refractivity contribution in [2.45, 2.75) is 24.4 Å². The van der Waals surface area contributed by atoms with Gasteiger partial charge in [0.2, 0.25) is 11.8 Å². The Morgan fingerprint density at radius 3 is 2.19 bits per heavy atom. The third-order valence-corrected chi connectivity index (χ3v) is 7.95. The van der Waals surface area contributed by atoms with Crippen molar-refractivity contribution in [3.8, 4) is 5.75 Å². The Bertz CT molecular complexity index is 1300. The normalized spacial score (nSPS) is 11.9. The molecule has 0 bridgehead atoms. The Balaban J connectivity index is 2.05. The average Bonchev–Trinajstić information content (AvgIpc) is 2.90. The van der Waals surface area contributed by atoms with Gasteiger partial charge in [0.15, 0.2) is 0 Å². The van der Waals surface area contributed by atoms with Gasteiger partial charge in [-0.15, -0.1) is 0 Å². The number of nitrogens with zero attached hydrogens (tertiary/aromatic N) is 2. The van der Waals surface area contributed by atoms with E-state index in [1.165, 1.54) is 31.2 Å². The minimum Gasteiger partial charge on any atom is -0.495 e. The van der Waals surface area contributed by atoms with Gasteiger partial charge < -0.3 is 15.0 Å². The van der Waals surface area contributed by atoms with Gasteiger partial charge in [0.05, 0.1) is 17.7 Å². The van der Waals surface area contributed by atoms with Crippen LogP contribution in [0.15, 0.2) is 88.2 Å². The van der Waals surface area contributed by atoms with Crippen LogP contribution in [0.3, 0.4) is 0 Å². The summed E-state index contributed by atoms with van der Waals surface area (Å²) in [5.41, 5.74) is 1.01. The number of benzene rings is 3. The molecule has 0 radical (unpaired) electrons. The first kappa shape index (κ1) is 27.2. The second-order valence-electron chi connectivity index (χ2n) is 7.93. The van der Waals surface area contributed by atoms with Crippen LogP contribution in [-0.4, -0.2) is 51.9 Å². The van der Waals surface area contributed by atoms with Crippen LogP contribution < -0.4 is 14.4 Å². The summed E-state index contributed by atoms with van der Waals surface area (Å²) in [6.45, 7) is 1.19. The second kappa shape index (κ2) is 12.0. The van der Waals surface area contributed by atoms with Crippen molar-refractivity contribution in [2.75, 3.05) is 25.0 Å².